The van der Waals surface area contributed by atoms with E-state index >= 15 is 0 Å². The Balaban J connectivity index is -0.0000000450. The fraction of sp³-hybridized carbons (Fsp3) is 1.00. The van der Waals surface area contributed by atoms with Gasteiger partial charge in [-0.25, -0.2) is 0 Å². The molecule has 0 N–H and O–H groups in total. The van der Waals surface area contributed by atoms with Crippen LogP contribution < -0.4 is 0 Å². The predicted molar refractivity (Wildman–Crippen MR) is 35.7 cm³/mol. The van der Waals surface area contributed by atoms with E-state index in [1.807, 2.05) is 0 Å². The average molecular weight is 122 g/mol. The van der Waals surface area contributed by atoms with Gasteiger partial charge < -0.3 is 0 Å². The van der Waals surface area contributed by atoms with Gasteiger partial charge in [-0.3, -0.25) is 0 Å². The van der Waals surface area contributed by atoms with Crippen molar-refractivity contribution >= 4 is 71.7 Å². The standard InChI is InChI=1S/C3H8S.2Na/c1-2-3-4;;/h4H,2-3H2,1H3;;. The van der Waals surface area contributed by atoms with Gasteiger partial charge in [-0.2, -0.15) is 12.6 Å². The van der Waals surface area contributed by atoms with E-state index in [0.29, 0.717) is 0 Å². The molecule has 0 saturated heterocycles. The molecular weight excluding hydrogens is 114 g/mol. The number of rotatable bonds is 1. The van der Waals surface area contributed by atoms with Crippen molar-refractivity contribution < 1.29 is 0 Å². The quantitative estimate of drug-likeness (QED) is 0.381. The van der Waals surface area contributed by atoms with Gasteiger partial charge in [-0.1, -0.05) is 6.92 Å². The van der Waals surface area contributed by atoms with Crippen LogP contribution in [0.25, 0.3) is 0 Å². The predicted octanol–water partition coefficient (Wildman–Crippen LogP) is 0.565. The molecule has 0 spiro atoms. The molecule has 28 valence electrons. The third-order valence-electron chi connectivity index (χ3n) is 0.224. The van der Waals surface area contributed by atoms with Gasteiger partial charge in [0.25, 0.3) is 0 Å². The molecule has 0 atom stereocenters. The fourth-order valence-electron chi connectivity index (χ4n) is 0. The molecule has 0 aliphatic carbocycles. The second kappa shape index (κ2) is 15.7. The van der Waals surface area contributed by atoms with Crippen LogP contribution >= 0.6 is 12.6 Å². The first-order valence-electron chi connectivity index (χ1n) is 1.52. The average Bonchev–Trinajstić information content (AvgIpc) is 1.37. The van der Waals surface area contributed by atoms with Crippen LogP contribution in [-0.2, 0) is 0 Å². The minimum atomic E-state index is 0. The van der Waals surface area contributed by atoms with Crippen LogP contribution in [0.5, 0.6) is 0 Å². The summed E-state index contributed by atoms with van der Waals surface area (Å²) < 4.78 is 0. The van der Waals surface area contributed by atoms with Crippen molar-refractivity contribution in [1.29, 1.82) is 0 Å². The van der Waals surface area contributed by atoms with Crippen LogP contribution in [0.4, 0.5) is 0 Å². The van der Waals surface area contributed by atoms with Crippen LogP contribution in [0.2, 0.25) is 0 Å². The van der Waals surface area contributed by atoms with Crippen molar-refractivity contribution in [2.75, 3.05) is 5.75 Å². The molecule has 0 amide bonds. The molecule has 0 rings (SSSR count). The van der Waals surface area contributed by atoms with E-state index < -0.39 is 0 Å². The zero-order valence-electron chi connectivity index (χ0n) is 4.86. The molecule has 0 unspecified atom stereocenters. The first-order chi connectivity index (χ1) is 1.91. The maximum absolute atomic E-state index is 3.92. The van der Waals surface area contributed by atoms with E-state index in [1.165, 1.54) is 6.42 Å². The van der Waals surface area contributed by atoms with Gasteiger partial charge in [0.2, 0.25) is 0 Å². The van der Waals surface area contributed by atoms with E-state index in [2.05, 4.69) is 19.6 Å². The van der Waals surface area contributed by atoms with E-state index in [4.69, 9.17) is 0 Å². The number of hydrogen-bond acceptors (Lipinski definition) is 1. The SMILES string of the molecule is CCCS.[Na].[Na]. The van der Waals surface area contributed by atoms with Crippen molar-refractivity contribution in [2.45, 2.75) is 13.3 Å². The van der Waals surface area contributed by atoms with E-state index in [9.17, 15) is 0 Å². The van der Waals surface area contributed by atoms with Gasteiger partial charge in [0, 0.05) is 59.1 Å². The fourth-order valence-corrected chi connectivity index (χ4v) is 0. The molecule has 0 aromatic rings. The summed E-state index contributed by atoms with van der Waals surface area (Å²) in [6.45, 7) is 2.10. The summed E-state index contributed by atoms with van der Waals surface area (Å²) in [4.78, 5) is 0. The molecule has 0 heterocycles. The van der Waals surface area contributed by atoms with Crippen LogP contribution in [0.1, 0.15) is 13.3 Å². The van der Waals surface area contributed by atoms with Crippen molar-refractivity contribution in [2.24, 2.45) is 0 Å². The molecule has 0 nitrogen and oxygen atoms in total. The summed E-state index contributed by atoms with van der Waals surface area (Å²) in [6.07, 6.45) is 1.18. The van der Waals surface area contributed by atoms with Gasteiger partial charge in [0.1, 0.15) is 0 Å². The molecule has 0 fully saturated rings. The Bertz CT molecular complexity index is 10.8. The van der Waals surface area contributed by atoms with Gasteiger partial charge in [-0.05, 0) is 12.2 Å². The second-order valence-electron chi connectivity index (χ2n) is 0.724. The van der Waals surface area contributed by atoms with Gasteiger partial charge in [0.05, 0.1) is 0 Å². The van der Waals surface area contributed by atoms with Gasteiger partial charge >= 0.3 is 0 Å². The van der Waals surface area contributed by atoms with Crippen LogP contribution in [0.15, 0.2) is 0 Å². The van der Waals surface area contributed by atoms with E-state index in [1.54, 1.807) is 0 Å². The van der Waals surface area contributed by atoms with Crippen LogP contribution in [0, 0.1) is 0 Å². The van der Waals surface area contributed by atoms with E-state index in [-0.39, 0.29) is 59.1 Å². The largest absolute Gasteiger partial charge is 0.179 e. The third-order valence-corrected chi connectivity index (χ3v) is 0.671. The molecule has 0 aromatic heterocycles. The first-order valence-corrected chi connectivity index (χ1v) is 2.16. The van der Waals surface area contributed by atoms with Crippen LogP contribution in [-0.4, -0.2) is 64.9 Å². The van der Waals surface area contributed by atoms with Gasteiger partial charge in [-0.15, -0.1) is 0 Å². The Morgan fingerprint density at radius 1 is 1.33 bits per heavy atom. The summed E-state index contributed by atoms with van der Waals surface area (Å²) in [7, 11) is 0. The molecule has 6 heavy (non-hydrogen) atoms. The summed E-state index contributed by atoms with van der Waals surface area (Å²) in [5.41, 5.74) is 0. The summed E-state index contributed by atoms with van der Waals surface area (Å²) >= 11 is 3.92. The maximum Gasteiger partial charge on any atom is 0 e. The van der Waals surface area contributed by atoms with Crippen LogP contribution in [0.3, 0.4) is 0 Å². The Morgan fingerprint density at radius 2 is 1.50 bits per heavy atom. The number of hydrogen-bond donors (Lipinski definition) is 1. The minimum Gasteiger partial charge on any atom is -0.179 e. The van der Waals surface area contributed by atoms with E-state index in [0.717, 1.165) is 5.75 Å². The van der Waals surface area contributed by atoms with Crippen molar-refractivity contribution in [3.05, 3.63) is 0 Å². The summed E-state index contributed by atoms with van der Waals surface area (Å²) in [6, 6.07) is 0. The molecule has 2 radical (unpaired) electrons. The molecule has 0 saturated carbocycles. The second-order valence-corrected chi connectivity index (χ2v) is 1.17. The summed E-state index contributed by atoms with van der Waals surface area (Å²) in [5.74, 6) is 1.01. The molecular formula is C3H8Na2S. The third kappa shape index (κ3) is 16.2. The van der Waals surface area contributed by atoms with Gasteiger partial charge in [0.15, 0.2) is 0 Å². The molecule has 0 aliphatic heterocycles. The topological polar surface area (TPSA) is 0 Å². The van der Waals surface area contributed by atoms with Crippen molar-refractivity contribution in [3.8, 4) is 0 Å². The monoisotopic (exact) mass is 122 g/mol. The first kappa shape index (κ1) is 15.8. The Morgan fingerprint density at radius 3 is 1.50 bits per heavy atom. The summed E-state index contributed by atoms with van der Waals surface area (Å²) in [5, 5.41) is 0. The molecule has 3 heteroatoms. The molecule has 0 aliphatic rings. The molecule has 0 aromatic carbocycles. The zero-order valence-corrected chi connectivity index (χ0v) is 9.76. The Labute approximate surface area is 89.5 Å². The van der Waals surface area contributed by atoms with Crippen molar-refractivity contribution in [1.82, 2.24) is 0 Å². The van der Waals surface area contributed by atoms with Crippen molar-refractivity contribution in [3.63, 3.8) is 0 Å². The number of thiol groups is 1. The smallest absolute Gasteiger partial charge is 0 e. The Kier molecular flexibility index (Phi) is 41.1. The molecule has 0 bridgehead atoms. The normalized spacial score (nSPS) is 5.00. The minimum absolute atomic E-state index is 0. The Hall–Kier alpha value is 2.35. The zero-order chi connectivity index (χ0) is 3.41. The maximum atomic E-state index is 3.92.